The van der Waals surface area contributed by atoms with Gasteiger partial charge in [-0.3, -0.25) is 4.99 Å². The smallest absolute Gasteiger partial charge is 0.338 e. The first-order valence-electron chi connectivity index (χ1n) is 13.6. The summed E-state index contributed by atoms with van der Waals surface area (Å²) in [6.45, 7) is 6.38. The Labute approximate surface area is 214 Å². The number of hydrogen-bond acceptors (Lipinski definition) is 3. The highest BCUT2D eigenvalue weighted by molar-refractivity contribution is 5.90. The highest BCUT2D eigenvalue weighted by atomic mass is 16.5. The highest BCUT2D eigenvalue weighted by Crippen LogP contribution is 2.60. The molecule has 0 atom stereocenters. The van der Waals surface area contributed by atoms with Crippen LogP contribution >= 0.6 is 0 Å². The molecule has 36 heavy (non-hydrogen) atoms. The number of hydrogen-bond donors (Lipinski definition) is 0. The summed E-state index contributed by atoms with van der Waals surface area (Å²) >= 11 is 0. The average Bonchev–Trinajstić information content (AvgIpc) is 3.15. The zero-order chi connectivity index (χ0) is 24.9. The molecule has 4 heteroatoms. The van der Waals surface area contributed by atoms with E-state index in [1.54, 1.807) is 11.6 Å². The van der Waals surface area contributed by atoms with Gasteiger partial charge in [0.25, 0.3) is 0 Å². The third kappa shape index (κ3) is 4.11. The fourth-order valence-corrected chi connectivity index (χ4v) is 7.81. The fraction of sp³-hybridized carbons (Fsp3) is 0.438. The molecule has 3 aromatic rings. The lowest BCUT2D eigenvalue weighted by Crippen LogP contribution is -2.48. The van der Waals surface area contributed by atoms with Crippen LogP contribution in [0.5, 0.6) is 0 Å². The zero-order valence-electron chi connectivity index (χ0n) is 21.7. The van der Waals surface area contributed by atoms with Crippen molar-refractivity contribution < 1.29 is 9.53 Å². The first-order chi connectivity index (χ1) is 17.4. The van der Waals surface area contributed by atoms with E-state index in [2.05, 4.69) is 48.7 Å². The van der Waals surface area contributed by atoms with Gasteiger partial charge >= 0.3 is 5.97 Å². The molecule has 4 bridgehead atoms. The molecule has 1 aromatic heterocycles. The summed E-state index contributed by atoms with van der Waals surface area (Å²) < 4.78 is 7.35. The monoisotopic (exact) mass is 480 g/mol. The number of carbonyl (C=O) groups is 1. The van der Waals surface area contributed by atoms with Gasteiger partial charge in [-0.15, -0.1) is 0 Å². The third-order valence-electron chi connectivity index (χ3n) is 8.96. The Morgan fingerprint density at radius 1 is 1.00 bits per heavy atom. The van der Waals surface area contributed by atoms with E-state index in [1.165, 1.54) is 38.5 Å². The highest BCUT2D eigenvalue weighted by Gasteiger charge is 2.51. The van der Waals surface area contributed by atoms with E-state index < -0.39 is 0 Å². The Morgan fingerprint density at radius 3 is 2.31 bits per heavy atom. The lowest BCUT2D eigenvalue weighted by atomic mass is 9.48. The summed E-state index contributed by atoms with van der Waals surface area (Å²) in [7, 11) is 0. The number of benzene rings is 2. The summed E-state index contributed by atoms with van der Waals surface area (Å²) in [6.07, 6.45) is 10.6. The van der Waals surface area contributed by atoms with Gasteiger partial charge in [-0.1, -0.05) is 18.2 Å². The zero-order valence-corrected chi connectivity index (χ0v) is 21.7. The molecular weight excluding hydrogens is 444 g/mol. The van der Waals surface area contributed by atoms with E-state index in [4.69, 9.17) is 9.73 Å². The van der Waals surface area contributed by atoms with Crippen molar-refractivity contribution in [3.05, 3.63) is 82.7 Å². The fourth-order valence-electron chi connectivity index (χ4n) is 7.81. The van der Waals surface area contributed by atoms with Crippen LogP contribution in [0.1, 0.15) is 78.3 Å². The Morgan fingerprint density at radius 2 is 1.67 bits per heavy atom. The predicted molar refractivity (Wildman–Crippen MR) is 145 cm³/mol. The molecule has 186 valence electrons. The van der Waals surface area contributed by atoms with E-state index >= 15 is 0 Å². The molecule has 2 aromatic carbocycles. The molecule has 4 aliphatic carbocycles. The summed E-state index contributed by atoms with van der Waals surface area (Å²) in [5.41, 5.74) is 7.78. The van der Waals surface area contributed by atoms with Gasteiger partial charge in [-0.2, -0.15) is 0 Å². The lowest BCUT2D eigenvalue weighted by molar-refractivity contribution is -0.00518. The molecular formula is C32H36N2O2. The minimum absolute atomic E-state index is 0.291. The van der Waals surface area contributed by atoms with E-state index in [-0.39, 0.29) is 5.97 Å². The number of rotatable bonds is 6. The standard InChI is InChI=1S/C32H36N2O2/c1-4-36-31(35)26-6-5-7-30(16-26)34-21(2)12-27(22(34)3)20-33-29-10-8-28(9-11-29)32-17-23-13-24(18-32)15-25(14-23)19-32/h5-12,16,20,23-25H,4,13-15,17-19H2,1-3H3. The van der Waals surface area contributed by atoms with Crippen LogP contribution in [0.3, 0.4) is 0 Å². The van der Waals surface area contributed by atoms with Crippen molar-refractivity contribution in [1.82, 2.24) is 4.57 Å². The summed E-state index contributed by atoms with van der Waals surface area (Å²) in [4.78, 5) is 17.0. The molecule has 4 nitrogen and oxygen atoms in total. The molecule has 0 unspecified atom stereocenters. The van der Waals surface area contributed by atoms with E-state index in [0.717, 1.165) is 46.1 Å². The number of aromatic nitrogens is 1. The molecule has 1 heterocycles. The van der Waals surface area contributed by atoms with Gasteiger partial charge in [0, 0.05) is 28.9 Å². The van der Waals surface area contributed by atoms with Crippen LogP contribution in [0.25, 0.3) is 5.69 Å². The molecule has 7 rings (SSSR count). The van der Waals surface area contributed by atoms with Crippen LogP contribution in [-0.2, 0) is 10.2 Å². The van der Waals surface area contributed by atoms with E-state index in [9.17, 15) is 4.79 Å². The van der Waals surface area contributed by atoms with Crippen LogP contribution < -0.4 is 0 Å². The van der Waals surface area contributed by atoms with Gasteiger partial charge in [0.05, 0.1) is 17.9 Å². The summed E-state index contributed by atoms with van der Waals surface area (Å²) in [5.74, 6) is 2.59. The van der Waals surface area contributed by atoms with Crippen molar-refractivity contribution in [2.24, 2.45) is 22.7 Å². The maximum absolute atomic E-state index is 12.2. The number of aliphatic imine (C=N–C) groups is 1. The van der Waals surface area contributed by atoms with Gasteiger partial charge in [0.15, 0.2) is 0 Å². The molecule has 4 aliphatic rings. The Kier molecular flexibility index (Phi) is 5.86. The van der Waals surface area contributed by atoms with Crippen molar-refractivity contribution in [3.63, 3.8) is 0 Å². The van der Waals surface area contributed by atoms with Crippen LogP contribution in [-0.4, -0.2) is 23.4 Å². The van der Waals surface area contributed by atoms with Crippen molar-refractivity contribution in [1.29, 1.82) is 0 Å². The topological polar surface area (TPSA) is 43.6 Å². The normalized spacial score (nSPS) is 26.6. The number of aryl methyl sites for hydroxylation is 1. The number of esters is 1. The van der Waals surface area contributed by atoms with Crippen molar-refractivity contribution in [2.75, 3.05) is 6.61 Å². The largest absolute Gasteiger partial charge is 0.462 e. The molecule has 0 N–H and O–H groups in total. The molecule has 4 saturated carbocycles. The predicted octanol–water partition coefficient (Wildman–Crippen LogP) is 7.49. The Balaban J connectivity index is 1.22. The molecule has 0 aliphatic heterocycles. The first-order valence-corrected chi connectivity index (χ1v) is 13.6. The summed E-state index contributed by atoms with van der Waals surface area (Å²) in [5, 5.41) is 0. The average molecular weight is 481 g/mol. The number of carbonyl (C=O) groups excluding carboxylic acids is 1. The van der Waals surface area contributed by atoms with Crippen LogP contribution in [0.4, 0.5) is 5.69 Å². The van der Waals surface area contributed by atoms with Crippen LogP contribution in [0.15, 0.2) is 59.6 Å². The van der Waals surface area contributed by atoms with E-state index in [0.29, 0.717) is 17.6 Å². The second-order valence-corrected chi connectivity index (χ2v) is 11.4. The van der Waals surface area contributed by atoms with Gasteiger partial charge in [0.2, 0.25) is 0 Å². The van der Waals surface area contributed by atoms with E-state index in [1.807, 2.05) is 31.3 Å². The second kappa shape index (κ2) is 9.06. The first kappa shape index (κ1) is 23.3. The van der Waals surface area contributed by atoms with Gasteiger partial charge in [0.1, 0.15) is 0 Å². The van der Waals surface area contributed by atoms with Crippen molar-refractivity contribution >= 4 is 17.9 Å². The molecule has 0 amide bonds. The van der Waals surface area contributed by atoms with Gasteiger partial charge < -0.3 is 9.30 Å². The summed E-state index contributed by atoms with van der Waals surface area (Å²) in [6, 6.07) is 18.9. The Bertz CT molecular complexity index is 1280. The second-order valence-electron chi connectivity index (χ2n) is 11.4. The lowest BCUT2D eigenvalue weighted by Gasteiger charge is -2.57. The maximum Gasteiger partial charge on any atom is 0.338 e. The maximum atomic E-state index is 12.2. The number of nitrogens with zero attached hydrogens (tertiary/aromatic N) is 2. The van der Waals surface area contributed by atoms with Gasteiger partial charge in [-0.05, 0) is 124 Å². The minimum Gasteiger partial charge on any atom is -0.462 e. The third-order valence-corrected chi connectivity index (χ3v) is 8.96. The van der Waals surface area contributed by atoms with Gasteiger partial charge in [-0.25, -0.2) is 4.79 Å². The van der Waals surface area contributed by atoms with Crippen LogP contribution in [0, 0.1) is 31.6 Å². The van der Waals surface area contributed by atoms with Crippen molar-refractivity contribution in [2.45, 2.75) is 64.7 Å². The van der Waals surface area contributed by atoms with Crippen LogP contribution in [0.2, 0.25) is 0 Å². The minimum atomic E-state index is -0.291. The van der Waals surface area contributed by atoms with Crippen molar-refractivity contribution in [3.8, 4) is 5.69 Å². The Hall–Kier alpha value is -3.14. The SMILES string of the molecule is CCOC(=O)c1cccc(-n2c(C)cc(C=Nc3ccc(C45CC6CC(CC(C6)C4)C5)cc3)c2C)c1. The molecule has 0 radical (unpaired) electrons. The quantitative estimate of drug-likeness (QED) is 0.271. The molecule has 0 saturated heterocycles. The number of ether oxygens (including phenoxy) is 1. The molecule has 0 spiro atoms. The molecule has 4 fully saturated rings.